The third-order valence-electron chi connectivity index (χ3n) is 3.32. The van der Waals surface area contributed by atoms with Gasteiger partial charge in [0.2, 0.25) is 0 Å². The second-order valence-electron chi connectivity index (χ2n) is 4.53. The van der Waals surface area contributed by atoms with Gasteiger partial charge in [0.25, 0.3) is 0 Å². The lowest BCUT2D eigenvalue weighted by molar-refractivity contribution is 0.300. The second kappa shape index (κ2) is 8.23. The van der Waals surface area contributed by atoms with Crippen molar-refractivity contribution in [1.82, 2.24) is 9.88 Å². The molecular weight excluding hydrogens is 260 g/mol. The number of nitrogens with zero attached hydrogens (tertiary/aromatic N) is 3. The van der Waals surface area contributed by atoms with Crippen molar-refractivity contribution in [3.63, 3.8) is 0 Å². The van der Waals surface area contributed by atoms with E-state index in [9.17, 15) is 0 Å². The average Bonchev–Trinajstić information content (AvgIpc) is 2.40. The van der Waals surface area contributed by atoms with E-state index in [0.717, 1.165) is 45.0 Å². The van der Waals surface area contributed by atoms with Gasteiger partial charge in [-0.25, -0.2) is 4.98 Å². The number of hydrogen-bond acceptors (Lipinski definition) is 4. The molecule has 1 aromatic rings. The van der Waals surface area contributed by atoms with E-state index in [4.69, 9.17) is 17.3 Å². The molecule has 1 aromatic heterocycles. The summed E-state index contributed by atoms with van der Waals surface area (Å²) in [7, 11) is 0. The highest BCUT2D eigenvalue weighted by atomic mass is 35.5. The predicted octanol–water partition coefficient (Wildman–Crippen LogP) is 2.88. The molecular formula is C14H25ClN4. The van der Waals surface area contributed by atoms with Crippen LogP contribution in [0.3, 0.4) is 0 Å². The van der Waals surface area contributed by atoms with E-state index in [-0.39, 0.29) is 0 Å². The molecule has 4 nitrogen and oxygen atoms in total. The summed E-state index contributed by atoms with van der Waals surface area (Å²) < 4.78 is 0. The van der Waals surface area contributed by atoms with Crippen LogP contribution in [-0.4, -0.2) is 42.6 Å². The van der Waals surface area contributed by atoms with Crippen molar-refractivity contribution in [2.24, 2.45) is 0 Å². The molecule has 1 rings (SSSR count). The Bertz CT molecular complexity index is 380. The normalized spacial score (nSPS) is 11.0. The number of hydrogen-bond donors (Lipinski definition) is 1. The van der Waals surface area contributed by atoms with Crippen molar-refractivity contribution in [3.8, 4) is 0 Å². The molecule has 0 fully saturated rings. The van der Waals surface area contributed by atoms with E-state index >= 15 is 0 Å². The molecule has 0 amide bonds. The van der Waals surface area contributed by atoms with E-state index in [1.54, 1.807) is 12.3 Å². The highest BCUT2D eigenvalue weighted by Gasteiger charge is 2.11. The summed E-state index contributed by atoms with van der Waals surface area (Å²) in [5, 5.41) is 0.629. The molecule has 0 bridgehead atoms. The number of nitrogen functional groups attached to an aromatic ring is 1. The first kappa shape index (κ1) is 16.1. The van der Waals surface area contributed by atoms with Gasteiger partial charge in [0.1, 0.15) is 5.82 Å². The topological polar surface area (TPSA) is 45.4 Å². The Morgan fingerprint density at radius 3 is 2.37 bits per heavy atom. The zero-order valence-corrected chi connectivity index (χ0v) is 13.0. The van der Waals surface area contributed by atoms with Crippen LogP contribution in [0.2, 0.25) is 5.02 Å². The van der Waals surface area contributed by atoms with Gasteiger partial charge < -0.3 is 15.5 Å². The van der Waals surface area contributed by atoms with Crippen molar-refractivity contribution >= 4 is 23.1 Å². The molecule has 108 valence electrons. The minimum Gasteiger partial charge on any atom is -0.397 e. The molecule has 0 aliphatic carbocycles. The van der Waals surface area contributed by atoms with Crippen molar-refractivity contribution in [2.75, 3.05) is 43.4 Å². The molecule has 2 N–H and O–H groups in total. The molecule has 0 aliphatic rings. The van der Waals surface area contributed by atoms with Crippen molar-refractivity contribution in [1.29, 1.82) is 0 Å². The van der Waals surface area contributed by atoms with Crippen LogP contribution in [0.25, 0.3) is 0 Å². The standard InChI is InChI=1S/C14H25ClN4/c1-4-18(5-2)8-7-9-19(6-3)14-13(15)10-12(16)11-17-14/h10-11H,4-9,16H2,1-3H3. The maximum Gasteiger partial charge on any atom is 0.147 e. The number of halogens is 1. The third kappa shape index (κ3) is 4.88. The molecule has 0 saturated heterocycles. The summed E-state index contributed by atoms with van der Waals surface area (Å²) >= 11 is 6.20. The zero-order chi connectivity index (χ0) is 14.3. The van der Waals surface area contributed by atoms with Crippen molar-refractivity contribution in [3.05, 3.63) is 17.3 Å². The van der Waals surface area contributed by atoms with Gasteiger partial charge in [-0.15, -0.1) is 0 Å². The van der Waals surface area contributed by atoms with Gasteiger partial charge in [0.15, 0.2) is 0 Å². The lowest BCUT2D eigenvalue weighted by atomic mass is 10.3. The molecule has 0 radical (unpaired) electrons. The van der Waals surface area contributed by atoms with E-state index < -0.39 is 0 Å². The fraction of sp³-hybridized carbons (Fsp3) is 0.643. The van der Waals surface area contributed by atoms with E-state index in [0.29, 0.717) is 10.7 Å². The summed E-state index contributed by atoms with van der Waals surface area (Å²) in [6.45, 7) is 11.7. The molecule has 0 spiro atoms. The van der Waals surface area contributed by atoms with Crippen molar-refractivity contribution < 1.29 is 0 Å². The minimum atomic E-state index is 0.605. The van der Waals surface area contributed by atoms with E-state index in [2.05, 4.69) is 35.6 Å². The quantitative estimate of drug-likeness (QED) is 0.797. The molecule has 5 heteroatoms. The Labute approximate surface area is 121 Å². The van der Waals surface area contributed by atoms with E-state index in [1.165, 1.54) is 0 Å². The zero-order valence-electron chi connectivity index (χ0n) is 12.2. The number of anilines is 2. The number of nitrogens with two attached hydrogens (primary N) is 1. The van der Waals surface area contributed by atoms with Crippen LogP contribution < -0.4 is 10.6 Å². The lowest BCUT2D eigenvalue weighted by Gasteiger charge is -2.25. The fourth-order valence-electron chi connectivity index (χ4n) is 2.12. The molecule has 1 heterocycles. The molecule has 0 aromatic carbocycles. The van der Waals surface area contributed by atoms with Crippen LogP contribution in [0.4, 0.5) is 11.5 Å². The van der Waals surface area contributed by atoms with Crippen LogP contribution in [0, 0.1) is 0 Å². The molecule has 0 aliphatic heterocycles. The number of pyridine rings is 1. The number of aromatic nitrogens is 1. The van der Waals surface area contributed by atoms with Crippen molar-refractivity contribution in [2.45, 2.75) is 27.2 Å². The fourth-order valence-corrected chi connectivity index (χ4v) is 2.41. The average molecular weight is 285 g/mol. The van der Waals surface area contributed by atoms with Crippen LogP contribution in [0.15, 0.2) is 12.3 Å². The highest BCUT2D eigenvalue weighted by Crippen LogP contribution is 2.24. The SMILES string of the molecule is CCN(CC)CCCN(CC)c1ncc(N)cc1Cl. The van der Waals surface area contributed by atoms with Crippen LogP contribution in [0.5, 0.6) is 0 Å². The Hall–Kier alpha value is -1.00. The lowest BCUT2D eigenvalue weighted by Crippen LogP contribution is -2.30. The number of rotatable bonds is 8. The van der Waals surface area contributed by atoms with Gasteiger partial charge in [-0.2, -0.15) is 0 Å². The van der Waals surface area contributed by atoms with Crippen LogP contribution in [-0.2, 0) is 0 Å². The minimum absolute atomic E-state index is 0.605. The summed E-state index contributed by atoms with van der Waals surface area (Å²) in [4.78, 5) is 8.96. The van der Waals surface area contributed by atoms with Gasteiger partial charge in [0.05, 0.1) is 16.9 Å². The Morgan fingerprint density at radius 2 is 1.84 bits per heavy atom. The molecule has 0 saturated carbocycles. The summed E-state index contributed by atoms with van der Waals surface area (Å²) in [6.07, 6.45) is 2.77. The van der Waals surface area contributed by atoms with Gasteiger partial charge in [-0.3, -0.25) is 0 Å². The summed E-state index contributed by atoms with van der Waals surface area (Å²) in [5.74, 6) is 0.831. The molecule has 19 heavy (non-hydrogen) atoms. The monoisotopic (exact) mass is 284 g/mol. The first-order valence-corrected chi connectivity index (χ1v) is 7.38. The largest absolute Gasteiger partial charge is 0.397 e. The molecule has 0 atom stereocenters. The summed E-state index contributed by atoms with van der Waals surface area (Å²) in [6, 6.07) is 1.76. The van der Waals surface area contributed by atoms with Gasteiger partial charge in [-0.1, -0.05) is 25.4 Å². The smallest absolute Gasteiger partial charge is 0.147 e. The summed E-state index contributed by atoms with van der Waals surface area (Å²) in [5.41, 5.74) is 6.28. The third-order valence-corrected chi connectivity index (χ3v) is 3.60. The Morgan fingerprint density at radius 1 is 1.16 bits per heavy atom. The van der Waals surface area contributed by atoms with Crippen LogP contribution >= 0.6 is 11.6 Å². The maximum atomic E-state index is 6.20. The van der Waals surface area contributed by atoms with Gasteiger partial charge in [0, 0.05) is 13.1 Å². The Balaban J connectivity index is 2.58. The highest BCUT2D eigenvalue weighted by molar-refractivity contribution is 6.33. The van der Waals surface area contributed by atoms with Crippen LogP contribution in [0.1, 0.15) is 27.2 Å². The second-order valence-corrected chi connectivity index (χ2v) is 4.94. The predicted molar refractivity (Wildman–Crippen MR) is 84.0 cm³/mol. The van der Waals surface area contributed by atoms with Gasteiger partial charge >= 0.3 is 0 Å². The van der Waals surface area contributed by atoms with E-state index in [1.807, 2.05) is 0 Å². The Kier molecular flexibility index (Phi) is 6.95. The first-order chi connectivity index (χ1) is 9.12. The first-order valence-electron chi connectivity index (χ1n) is 7.00. The maximum absolute atomic E-state index is 6.20. The molecule has 0 unspecified atom stereocenters. The van der Waals surface area contributed by atoms with Gasteiger partial charge in [-0.05, 0) is 39.0 Å².